The molecule has 5 rings (SSSR count). The number of anilines is 1. The molecule has 2 fully saturated rings. The summed E-state index contributed by atoms with van der Waals surface area (Å²) >= 11 is 0. The van der Waals surface area contributed by atoms with Crippen molar-refractivity contribution < 1.29 is 14.3 Å². The first-order valence-electron chi connectivity index (χ1n) is 11.8. The smallest absolute Gasteiger partial charge is 0.410 e. The van der Waals surface area contributed by atoms with E-state index >= 15 is 0 Å². The lowest BCUT2D eigenvalue weighted by atomic mass is 10.1. The van der Waals surface area contributed by atoms with E-state index in [0.717, 1.165) is 24.5 Å². The zero-order chi connectivity index (χ0) is 24.9. The molecule has 3 atom stereocenters. The van der Waals surface area contributed by atoms with E-state index in [1.165, 1.54) is 6.20 Å². The van der Waals surface area contributed by atoms with Gasteiger partial charge in [-0.05, 0) is 33.8 Å². The molecule has 182 valence electrons. The van der Waals surface area contributed by atoms with Gasteiger partial charge in [-0.3, -0.25) is 4.98 Å². The maximum Gasteiger partial charge on any atom is 0.410 e. The number of amides is 1. The molecule has 1 aliphatic carbocycles. The minimum absolute atomic E-state index is 0.203. The summed E-state index contributed by atoms with van der Waals surface area (Å²) in [4.78, 5) is 25.7. The minimum Gasteiger partial charge on any atom is -0.492 e. The van der Waals surface area contributed by atoms with Gasteiger partial charge in [0.1, 0.15) is 23.2 Å². The van der Waals surface area contributed by atoms with Crippen LogP contribution in [0, 0.1) is 23.2 Å². The molecule has 0 spiro atoms. The Balaban J connectivity index is 1.31. The number of nitriles is 1. The van der Waals surface area contributed by atoms with Crippen molar-refractivity contribution in [1.82, 2.24) is 24.5 Å². The quantitative estimate of drug-likeness (QED) is 0.553. The molecule has 2 aliphatic rings. The molecule has 1 saturated heterocycles. The highest BCUT2D eigenvalue weighted by Gasteiger charge is 2.59. The lowest BCUT2D eigenvalue weighted by molar-refractivity contribution is 0.0268. The van der Waals surface area contributed by atoms with Crippen LogP contribution < -0.4 is 9.64 Å². The number of hydrogen-bond donors (Lipinski definition) is 0. The fourth-order valence-corrected chi connectivity index (χ4v) is 4.96. The summed E-state index contributed by atoms with van der Waals surface area (Å²) in [5, 5.41) is 13.8. The van der Waals surface area contributed by atoms with Gasteiger partial charge in [0.05, 0.1) is 48.2 Å². The number of fused-ring (bicyclic) bond motifs is 2. The van der Waals surface area contributed by atoms with Gasteiger partial charge in [-0.1, -0.05) is 0 Å². The summed E-state index contributed by atoms with van der Waals surface area (Å²) in [6.45, 7) is 9.71. The molecule has 0 bridgehead atoms. The van der Waals surface area contributed by atoms with Crippen molar-refractivity contribution in [2.24, 2.45) is 11.8 Å². The SMILES string of the molecule is CCOc1cc(-c2cnc(N3C[C@@H]4[C@H](C3)[C@H]4N(C)C(=O)OC(C)(C)C)cn2)c2c(C#N)cnn2c1. The number of nitrogens with zero attached hydrogens (tertiary/aromatic N) is 7. The molecule has 3 aromatic heterocycles. The van der Waals surface area contributed by atoms with Crippen molar-refractivity contribution in [1.29, 1.82) is 5.26 Å². The Kier molecular flexibility index (Phi) is 5.50. The second-order valence-corrected chi connectivity index (χ2v) is 10.1. The van der Waals surface area contributed by atoms with Crippen molar-refractivity contribution in [3.05, 3.63) is 36.4 Å². The third kappa shape index (κ3) is 4.22. The molecule has 0 radical (unpaired) electrons. The molecule has 1 aliphatic heterocycles. The third-order valence-electron chi connectivity index (χ3n) is 6.53. The van der Waals surface area contributed by atoms with Crippen molar-refractivity contribution in [3.63, 3.8) is 0 Å². The van der Waals surface area contributed by atoms with Gasteiger partial charge >= 0.3 is 6.09 Å². The van der Waals surface area contributed by atoms with Crippen LogP contribution in [0.3, 0.4) is 0 Å². The average Bonchev–Trinajstić information content (AvgIpc) is 3.13. The van der Waals surface area contributed by atoms with Crippen molar-refractivity contribution in [2.75, 3.05) is 31.6 Å². The van der Waals surface area contributed by atoms with E-state index in [9.17, 15) is 10.1 Å². The molecule has 0 aromatic carbocycles. The first kappa shape index (κ1) is 22.9. The highest BCUT2D eigenvalue weighted by molar-refractivity contribution is 5.83. The molecule has 3 aromatic rings. The molecule has 0 N–H and O–H groups in total. The summed E-state index contributed by atoms with van der Waals surface area (Å²) in [7, 11) is 1.82. The van der Waals surface area contributed by atoms with Crippen LogP contribution >= 0.6 is 0 Å². The van der Waals surface area contributed by atoms with Crippen LogP contribution in [0.25, 0.3) is 16.8 Å². The second kappa shape index (κ2) is 8.41. The molecule has 10 nitrogen and oxygen atoms in total. The van der Waals surface area contributed by atoms with Crippen LogP contribution in [0.2, 0.25) is 0 Å². The molecule has 0 unspecified atom stereocenters. The summed E-state index contributed by atoms with van der Waals surface area (Å²) in [5.74, 6) is 2.25. The van der Waals surface area contributed by atoms with Gasteiger partial charge in [0.2, 0.25) is 0 Å². The summed E-state index contributed by atoms with van der Waals surface area (Å²) in [6.07, 6.45) is 6.51. The van der Waals surface area contributed by atoms with E-state index in [0.29, 0.717) is 41.0 Å². The molecule has 1 amide bonds. The van der Waals surface area contributed by atoms with Gasteiger partial charge in [0.25, 0.3) is 0 Å². The van der Waals surface area contributed by atoms with Crippen LogP contribution in [0.4, 0.5) is 10.6 Å². The highest BCUT2D eigenvalue weighted by atomic mass is 16.6. The lowest BCUT2D eigenvalue weighted by Crippen LogP contribution is -2.39. The summed E-state index contributed by atoms with van der Waals surface area (Å²) < 4.78 is 12.8. The number of carbonyl (C=O) groups is 1. The van der Waals surface area contributed by atoms with Crippen LogP contribution in [-0.4, -0.2) is 69.0 Å². The van der Waals surface area contributed by atoms with E-state index < -0.39 is 5.60 Å². The average molecular weight is 476 g/mol. The Morgan fingerprint density at radius 2 is 1.97 bits per heavy atom. The molecular weight excluding hydrogens is 446 g/mol. The molecule has 1 saturated carbocycles. The van der Waals surface area contributed by atoms with E-state index in [-0.39, 0.29) is 12.1 Å². The van der Waals surface area contributed by atoms with E-state index in [1.54, 1.807) is 28.0 Å². The molecule has 35 heavy (non-hydrogen) atoms. The summed E-state index contributed by atoms with van der Waals surface area (Å²) in [6, 6.07) is 4.26. The number of piperidine rings is 1. The standard InChI is InChI=1S/C25H29N7O3/c1-6-34-16-7-17(22-15(8-26)9-29-32(22)12-16)20-10-28-21(11-27-20)31-13-18-19(14-31)23(18)30(5)24(33)35-25(2,3)4/h7,9-12,18-19,23H,6,13-14H2,1-5H3/t18-,19+,23+. The Bertz CT molecular complexity index is 1290. The monoisotopic (exact) mass is 475 g/mol. The first-order chi connectivity index (χ1) is 16.7. The summed E-state index contributed by atoms with van der Waals surface area (Å²) in [5.41, 5.74) is 2.02. The van der Waals surface area contributed by atoms with Gasteiger partial charge in [-0.25, -0.2) is 14.3 Å². The Hall–Kier alpha value is -3.87. The van der Waals surface area contributed by atoms with Crippen molar-refractivity contribution in [3.8, 4) is 23.1 Å². The zero-order valence-corrected chi connectivity index (χ0v) is 20.6. The highest BCUT2D eigenvalue weighted by Crippen LogP contribution is 2.49. The van der Waals surface area contributed by atoms with Crippen LogP contribution in [-0.2, 0) is 4.74 Å². The second-order valence-electron chi connectivity index (χ2n) is 10.1. The van der Waals surface area contributed by atoms with Gasteiger partial charge in [0.15, 0.2) is 0 Å². The van der Waals surface area contributed by atoms with Crippen molar-refractivity contribution >= 4 is 17.4 Å². The number of rotatable bonds is 5. The number of carbonyl (C=O) groups excluding carboxylic acids is 1. The van der Waals surface area contributed by atoms with Crippen LogP contribution in [0.1, 0.15) is 33.3 Å². The number of hydrogen-bond acceptors (Lipinski definition) is 8. The predicted molar refractivity (Wildman–Crippen MR) is 129 cm³/mol. The number of pyridine rings is 1. The Morgan fingerprint density at radius 3 is 2.57 bits per heavy atom. The van der Waals surface area contributed by atoms with Crippen LogP contribution in [0.15, 0.2) is 30.9 Å². The van der Waals surface area contributed by atoms with Gasteiger partial charge in [0, 0.05) is 43.6 Å². The van der Waals surface area contributed by atoms with E-state index in [4.69, 9.17) is 9.47 Å². The maximum absolute atomic E-state index is 12.4. The van der Waals surface area contributed by atoms with Gasteiger partial charge < -0.3 is 19.3 Å². The zero-order valence-electron chi connectivity index (χ0n) is 20.6. The first-order valence-corrected chi connectivity index (χ1v) is 11.8. The Labute approximate surface area is 204 Å². The fourth-order valence-electron chi connectivity index (χ4n) is 4.96. The van der Waals surface area contributed by atoms with Gasteiger partial charge in [-0.15, -0.1) is 0 Å². The lowest BCUT2D eigenvalue weighted by Gasteiger charge is -2.27. The van der Waals surface area contributed by atoms with Gasteiger partial charge in [-0.2, -0.15) is 10.4 Å². The largest absolute Gasteiger partial charge is 0.492 e. The molecular formula is C25H29N7O3. The van der Waals surface area contributed by atoms with E-state index in [2.05, 4.69) is 26.0 Å². The normalized spacial score (nSPS) is 20.9. The fraction of sp³-hybridized carbons (Fsp3) is 0.480. The van der Waals surface area contributed by atoms with E-state index in [1.807, 2.05) is 40.8 Å². The minimum atomic E-state index is -0.503. The number of ether oxygens (including phenoxy) is 2. The van der Waals surface area contributed by atoms with Crippen LogP contribution in [0.5, 0.6) is 5.75 Å². The third-order valence-corrected chi connectivity index (χ3v) is 6.53. The maximum atomic E-state index is 12.4. The topological polar surface area (TPSA) is 109 Å². The molecule has 4 heterocycles. The Morgan fingerprint density at radius 1 is 1.23 bits per heavy atom. The molecule has 10 heteroatoms. The number of aromatic nitrogens is 4. The predicted octanol–water partition coefficient (Wildman–Crippen LogP) is 3.36. The van der Waals surface area contributed by atoms with Crippen molar-refractivity contribution in [2.45, 2.75) is 39.3 Å².